The number of hydrogen-bond donors (Lipinski definition) is 0. The van der Waals surface area contributed by atoms with Crippen molar-refractivity contribution < 1.29 is 22.7 Å². The first-order valence-corrected chi connectivity index (χ1v) is 9.16. The van der Waals surface area contributed by atoms with Crippen molar-refractivity contribution in [2.45, 2.75) is 50.3 Å². The van der Waals surface area contributed by atoms with E-state index in [9.17, 15) is 18.0 Å². The van der Waals surface area contributed by atoms with Gasteiger partial charge in [0.2, 0.25) is 0 Å². The zero-order valence-electron chi connectivity index (χ0n) is 14.9. The van der Waals surface area contributed by atoms with E-state index in [1.807, 2.05) is 20.8 Å². The number of ether oxygens (including phenoxy) is 1. The molecule has 0 aromatic carbocycles. The highest BCUT2D eigenvalue weighted by atomic mass is 32.2. The molecule has 1 saturated heterocycles. The number of aryl methyl sites for hydroxylation is 1. The monoisotopic (exact) mass is 379 g/mol. The highest BCUT2D eigenvalue weighted by Crippen LogP contribution is 2.37. The van der Waals surface area contributed by atoms with Crippen LogP contribution in [0, 0.1) is 5.92 Å². The number of aromatic nitrogens is 2. The highest BCUT2D eigenvalue weighted by Gasteiger charge is 2.37. The van der Waals surface area contributed by atoms with E-state index in [0.717, 1.165) is 12.8 Å². The molecule has 0 radical (unpaired) electrons. The molecule has 0 saturated carbocycles. The normalized spacial score (nSPS) is 17.0. The molecular weight excluding hydrogens is 355 g/mol. The minimum absolute atomic E-state index is 0.157. The Hall–Kier alpha value is -1.38. The van der Waals surface area contributed by atoms with Gasteiger partial charge in [0, 0.05) is 32.1 Å². The van der Waals surface area contributed by atoms with Gasteiger partial charge in [0.1, 0.15) is 5.60 Å². The quantitative estimate of drug-likeness (QED) is 0.740. The summed E-state index contributed by atoms with van der Waals surface area (Å²) in [5, 5.41) is 3.52. The van der Waals surface area contributed by atoms with Crippen LogP contribution in [0.25, 0.3) is 0 Å². The largest absolute Gasteiger partial charge is 0.444 e. The summed E-state index contributed by atoms with van der Waals surface area (Å²) in [5.74, 6) is 0.849. The van der Waals surface area contributed by atoms with Crippen molar-refractivity contribution in [2.75, 3.05) is 18.8 Å². The Morgan fingerprint density at radius 2 is 1.92 bits per heavy atom. The Morgan fingerprint density at radius 1 is 1.32 bits per heavy atom. The summed E-state index contributed by atoms with van der Waals surface area (Å²) in [7, 11) is 1.48. The zero-order valence-corrected chi connectivity index (χ0v) is 15.7. The molecule has 0 atom stereocenters. The molecular formula is C16H24F3N3O2S. The van der Waals surface area contributed by atoms with Gasteiger partial charge < -0.3 is 9.64 Å². The van der Waals surface area contributed by atoms with Gasteiger partial charge in [0.15, 0.2) is 5.69 Å². The molecule has 2 rings (SSSR count). The number of thioether (sulfide) groups is 1. The fourth-order valence-electron chi connectivity index (χ4n) is 2.59. The zero-order chi connectivity index (χ0) is 18.8. The summed E-state index contributed by atoms with van der Waals surface area (Å²) < 4.78 is 45.4. The van der Waals surface area contributed by atoms with Crippen LogP contribution in [0.2, 0.25) is 0 Å². The fraction of sp³-hybridized carbons (Fsp3) is 0.750. The van der Waals surface area contributed by atoms with Gasteiger partial charge in [-0.1, -0.05) is 0 Å². The number of likely N-dealkylation sites (tertiary alicyclic amines) is 1. The molecule has 0 bridgehead atoms. The molecule has 0 aliphatic carbocycles. The lowest BCUT2D eigenvalue weighted by molar-refractivity contribution is -0.143. The number of rotatable bonds is 3. The molecule has 0 N–H and O–H groups in total. The minimum atomic E-state index is -4.44. The third kappa shape index (κ3) is 5.83. The van der Waals surface area contributed by atoms with E-state index in [4.69, 9.17) is 4.74 Å². The number of alkyl halides is 3. The molecule has 1 fully saturated rings. The van der Waals surface area contributed by atoms with E-state index < -0.39 is 17.5 Å². The summed E-state index contributed by atoms with van der Waals surface area (Å²) in [4.78, 5) is 13.8. The second-order valence-corrected chi connectivity index (χ2v) is 8.30. The number of carbonyl (C=O) groups excluding carboxylic acids is 1. The first kappa shape index (κ1) is 19.9. The van der Waals surface area contributed by atoms with Crippen LogP contribution in [-0.4, -0.2) is 45.2 Å². The van der Waals surface area contributed by atoms with Crippen LogP contribution in [0.3, 0.4) is 0 Å². The maximum Gasteiger partial charge on any atom is 0.436 e. The molecule has 1 amide bonds. The standard InChI is InChI=1S/C16H24F3N3O2S/c1-15(2,3)24-14(23)22-7-5-11(6-8-22)10-25-12-9-21(4)20-13(12)16(17,18)19/h9,11H,5-8,10H2,1-4H3. The van der Waals surface area contributed by atoms with E-state index in [0.29, 0.717) is 18.8 Å². The Balaban J connectivity index is 1.84. The SMILES string of the molecule is Cn1cc(SCC2CCN(C(=O)OC(C)(C)C)CC2)c(C(F)(F)F)n1. The van der Waals surface area contributed by atoms with Gasteiger partial charge in [-0.25, -0.2) is 4.79 Å². The average molecular weight is 379 g/mol. The van der Waals surface area contributed by atoms with E-state index in [2.05, 4.69) is 5.10 Å². The lowest BCUT2D eigenvalue weighted by atomic mass is 9.99. The van der Waals surface area contributed by atoms with E-state index in [-0.39, 0.29) is 16.9 Å². The van der Waals surface area contributed by atoms with Crippen molar-refractivity contribution in [3.8, 4) is 0 Å². The van der Waals surface area contributed by atoms with Gasteiger partial charge >= 0.3 is 12.3 Å². The topological polar surface area (TPSA) is 47.4 Å². The Morgan fingerprint density at radius 3 is 2.44 bits per heavy atom. The summed E-state index contributed by atoms with van der Waals surface area (Å²) in [5.41, 5.74) is -1.36. The number of nitrogens with zero attached hydrogens (tertiary/aromatic N) is 3. The van der Waals surface area contributed by atoms with Crippen LogP contribution >= 0.6 is 11.8 Å². The minimum Gasteiger partial charge on any atom is -0.444 e. The third-order valence-corrected chi connectivity index (χ3v) is 5.05. The first-order chi connectivity index (χ1) is 11.5. The maximum absolute atomic E-state index is 13.0. The molecule has 2 heterocycles. The van der Waals surface area contributed by atoms with Crippen molar-refractivity contribution in [3.63, 3.8) is 0 Å². The van der Waals surface area contributed by atoms with Crippen molar-refractivity contribution in [1.82, 2.24) is 14.7 Å². The smallest absolute Gasteiger partial charge is 0.436 e. The molecule has 142 valence electrons. The van der Waals surface area contributed by atoms with E-state index >= 15 is 0 Å². The molecule has 0 spiro atoms. The van der Waals surface area contributed by atoms with Gasteiger partial charge in [-0.15, -0.1) is 11.8 Å². The summed E-state index contributed by atoms with van der Waals surface area (Å²) in [6.07, 6.45) is -1.85. The second-order valence-electron chi connectivity index (χ2n) is 7.24. The lowest BCUT2D eigenvalue weighted by Crippen LogP contribution is -2.42. The van der Waals surface area contributed by atoms with Gasteiger partial charge in [-0.3, -0.25) is 4.68 Å². The van der Waals surface area contributed by atoms with Crippen LogP contribution < -0.4 is 0 Å². The number of halogens is 3. The van der Waals surface area contributed by atoms with Crippen LogP contribution in [0.4, 0.5) is 18.0 Å². The third-order valence-electron chi connectivity index (χ3n) is 3.80. The maximum atomic E-state index is 13.0. The average Bonchev–Trinajstić information content (AvgIpc) is 2.85. The number of amides is 1. The van der Waals surface area contributed by atoms with Crippen LogP contribution in [0.5, 0.6) is 0 Å². The molecule has 1 aromatic rings. The van der Waals surface area contributed by atoms with Crippen molar-refractivity contribution in [3.05, 3.63) is 11.9 Å². The lowest BCUT2D eigenvalue weighted by Gasteiger charge is -2.33. The second kappa shape index (κ2) is 7.47. The van der Waals surface area contributed by atoms with Crippen LogP contribution in [0.1, 0.15) is 39.3 Å². The summed E-state index contributed by atoms with van der Waals surface area (Å²) in [6, 6.07) is 0. The highest BCUT2D eigenvalue weighted by molar-refractivity contribution is 7.99. The molecule has 1 aliphatic rings. The molecule has 1 aromatic heterocycles. The van der Waals surface area contributed by atoms with Crippen molar-refractivity contribution in [1.29, 1.82) is 0 Å². The Kier molecular flexibility index (Phi) is 5.96. The number of piperidine rings is 1. The molecule has 0 unspecified atom stereocenters. The van der Waals surface area contributed by atoms with Gasteiger partial charge in [0.05, 0.1) is 4.90 Å². The van der Waals surface area contributed by atoms with Crippen LogP contribution in [0.15, 0.2) is 11.1 Å². The van der Waals surface area contributed by atoms with Crippen molar-refractivity contribution >= 4 is 17.9 Å². The van der Waals surface area contributed by atoms with Crippen LogP contribution in [-0.2, 0) is 18.0 Å². The Bertz CT molecular complexity index is 603. The summed E-state index contributed by atoms with van der Waals surface area (Å²) in [6.45, 7) is 6.60. The Labute approximate surface area is 149 Å². The molecule has 25 heavy (non-hydrogen) atoms. The summed E-state index contributed by atoms with van der Waals surface area (Å²) >= 11 is 1.18. The van der Waals surface area contributed by atoms with Gasteiger partial charge in [-0.2, -0.15) is 18.3 Å². The molecule has 5 nitrogen and oxygen atoms in total. The van der Waals surface area contributed by atoms with E-state index in [1.165, 1.54) is 29.7 Å². The van der Waals surface area contributed by atoms with Gasteiger partial charge in [0.25, 0.3) is 0 Å². The molecule has 9 heteroatoms. The first-order valence-electron chi connectivity index (χ1n) is 8.17. The van der Waals surface area contributed by atoms with Gasteiger partial charge in [-0.05, 0) is 39.5 Å². The number of carbonyl (C=O) groups is 1. The predicted octanol–water partition coefficient (Wildman–Crippen LogP) is 4.18. The predicted molar refractivity (Wildman–Crippen MR) is 89.5 cm³/mol. The molecule has 1 aliphatic heterocycles. The van der Waals surface area contributed by atoms with E-state index in [1.54, 1.807) is 4.90 Å². The fourth-order valence-corrected chi connectivity index (χ4v) is 3.85. The number of hydrogen-bond acceptors (Lipinski definition) is 4. The van der Waals surface area contributed by atoms with Crippen molar-refractivity contribution in [2.24, 2.45) is 13.0 Å².